The van der Waals surface area contributed by atoms with Crippen LogP contribution >= 0.6 is 0 Å². The maximum absolute atomic E-state index is 12.8. The molecule has 0 bridgehead atoms. The van der Waals surface area contributed by atoms with Gasteiger partial charge in [0.2, 0.25) is 0 Å². The largest absolute Gasteiger partial charge is 0.385 e. The van der Waals surface area contributed by atoms with E-state index in [-0.39, 0.29) is 5.82 Å². The highest BCUT2D eigenvalue weighted by molar-refractivity contribution is 5.51. The van der Waals surface area contributed by atoms with E-state index in [1.165, 1.54) is 12.5 Å². The molecule has 1 heterocycles. The molecule has 0 saturated carbocycles. The molecular weight excluding hydrogens is 153 g/mol. The van der Waals surface area contributed by atoms with Crippen LogP contribution in [0.1, 0.15) is 18.4 Å². The highest BCUT2D eigenvalue weighted by Crippen LogP contribution is 2.21. The summed E-state index contributed by atoms with van der Waals surface area (Å²) in [5.74, 6) is -0.127. The zero-order chi connectivity index (χ0) is 8.39. The molecule has 1 aliphatic rings. The van der Waals surface area contributed by atoms with Gasteiger partial charge in [-0.25, -0.2) is 4.39 Å². The van der Waals surface area contributed by atoms with E-state index in [2.05, 4.69) is 5.32 Å². The molecule has 2 rings (SSSR count). The molecule has 0 atom stereocenters. The molecule has 0 radical (unpaired) electrons. The number of anilines is 1. The van der Waals surface area contributed by atoms with Crippen molar-refractivity contribution in [1.82, 2.24) is 0 Å². The van der Waals surface area contributed by atoms with Crippen LogP contribution in [-0.4, -0.2) is 6.54 Å². The molecule has 0 aromatic heterocycles. The number of hydrogen-bond donors (Lipinski definition) is 1. The SMILES string of the molecule is Fc1ccc2c(c1)CCCCN2. The first-order valence-corrected chi connectivity index (χ1v) is 4.38. The van der Waals surface area contributed by atoms with E-state index in [9.17, 15) is 4.39 Å². The summed E-state index contributed by atoms with van der Waals surface area (Å²) in [5, 5.41) is 3.29. The molecule has 1 aromatic carbocycles. The number of halogens is 1. The highest BCUT2D eigenvalue weighted by Gasteiger charge is 2.06. The van der Waals surface area contributed by atoms with Crippen molar-refractivity contribution < 1.29 is 4.39 Å². The van der Waals surface area contributed by atoms with Gasteiger partial charge in [-0.1, -0.05) is 0 Å². The van der Waals surface area contributed by atoms with Gasteiger partial charge in [0.25, 0.3) is 0 Å². The molecule has 0 amide bonds. The third-order valence-electron chi connectivity index (χ3n) is 2.26. The van der Waals surface area contributed by atoms with Crippen LogP contribution in [0.25, 0.3) is 0 Å². The van der Waals surface area contributed by atoms with E-state index in [0.717, 1.165) is 30.6 Å². The van der Waals surface area contributed by atoms with Crippen molar-refractivity contribution in [3.05, 3.63) is 29.6 Å². The van der Waals surface area contributed by atoms with Crippen molar-refractivity contribution in [3.63, 3.8) is 0 Å². The van der Waals surface area contributed by atoms with Crippen molar-refractivity contribution in [2.24, 2.45) is 0 Å². The van der Waals surface area contributed by atoms with Gasteiger partial charge >= 0.3 is 0 Å². The van der Waals surface area contributed by atoms with E-state index in [0.29, 0.717) is 0 Å². The molecule has 1 nitrogen and oxygen atoms in total. The van der Waals surface area contributed by atoms with Crippen molar-refractivity contribution >= 4 is 5.69 Å². The van der Waals surface area contributed by atoms with E-state index < -0.39 is 0 Å². The first-order valence-electron chi connectivity index (χ1n) is 4.38. The summed E-state index contributed by atoms with van der Waals surface area (Å²) in [7, 11) is 0. The molecule has 1 aromatic rings. The fourth-order valence-electron chi connectivity index (χ4n) is 1.61. The van der Waals surface area contributed by atoms with Crippen LogP contribution in [0.15, 0.2) is 18.2 Å². The van der Waals surface area contributed by atoms with Crippen LogP contribution in [0, 0.1) is 5.82 Å². The van der Waals surface area contributed by atoms with E-state index in [1.807, 2.05) is 6.07 Å². The maximum atomic E-state index is 12.8. The monoisotopic (exact) mass is 165 g/mol. The molecule has 1 aliphatic heterocycles. The molecular formula is C10H12FN. The lowest BCUT2D eigenvalue weighted by Crippen LogP contribution is -1.99. The average Bonchev–Trinajstić information content (AvgIpc) is 2.28. The predicted octanol–water partition coefficient (Wildman–Crippen LogP) is 2.57. The number of fused-ring (bicyclic) bond motifs is 1. The second kappa shape index (κ2) is 3.13. The second-order valence-corrected chi connectivity index (χ2v) is 3.19. The van der Waals surface area contributed by atoms with Gasteiger partial charge in [-0.2, -0.15) is 0 Å². The maximum Gasteiger partial charge on any atom is 0.123 e. The average molecular weight is 165 g/mol. The Morgan fingerprint density at radius 2 is 2.17 bits per heavy atom. The number of aryl methyl sites for hydroxylation is 1. The van der Waals surface area contributed by atoms with Gasteiger partial charge in [-0.3, -0.25) is 0 Å². The molecule has 64 valence electrons. The van der Waals surface area contributed by atoms with Crippen molar-refractivity contribution in [2.75, 3.05) is 11.9 Å². The Labute approximate surface area is 71.6 Å². The van der Waals surface area contributed by atoms with Crippen LogP contribution in [0.4, 0.5) is 10.1 Å². The quantitative estimate of drug-likeness (QED) is 0.623. The number of benzene rings is 1. The van der Waals surface area contributed by atoms with Crippen LogP contribution in [-0.2, 0) is 6.42 Å². The highest BCUT2D eigenvalue weighted by atomic mass is 19.1. The third-order valence-corrected chi connectivity index (χ3v) is 2.26. The lowest BCUT2D eigenvalue weighted by Gasteiger charge is -2.06. The Morgan fingerprint density at radius 3 is 3.08 bits per heavy atom. The van der Waals surface area contributed by atoms with Crippen molar-refractivity contribution in [2.45, 2.75) is 19.3 Å². The Bertz CT molecular complexity index is 283. The van der Waals surface area contributed by atoms with Gasteiger partial charge in [0.15, 0.2) is 0 Å². The van der Waals surface area contributed by atoms with Gasteiger partial charge in [-0.15, -0.1) is 0 Å². The van der Waals surface area contributed by atoms with E-state index in [4.69, 9.17) is 0 Å². The zero-order valence-corrected chi connectivity index (χ0v) is 6.94. The van der Waals surface area contributed by atoms with Crippen molar-refractivity contribution in [1.29, 1.82) is 0 Å². The summed E-state index contributed by atoms with van der Waals surface area (Å²) in [6, 6.07) is 4.97. The summed E-state index contributed by atoms with van der Waals surface area (Å²) >= 11 is 0. The van der Waals surface area contributed by atoms with Crippen LogP contribution in [0.2, 0.25) is 0 Å². The molecule has 0 saturated heterocycles. The first-order chi connectivity index (χ1) is 5.86. The number of nitrogens with one attached hydrogen (secondary N) is 1. The topological polar surface area (TPSA) is 12.0 Å². The van der Waals surface area contributed by atoms with E-state index >= 15 is 0 Å². The summed E-state index contributed by atoms with van der Waals surface area (Å²) < 4.78 is 12.8. The van der Waals surface area contributed by atoms with Crippen molar-refractivity contribution in [3.8, 4) is 0 Å². The van der Waals surface area contributed by atoms with Crippen LogP contribution in [0.3, 0.4) is 0 Å². The first kappa shape index (κ1) is 7.59. The summed E-state index contributed by atoms with van der Waals surface area (Å²) in [5.41, 5.74) is 2.22. The van der Waals surface area contributed by atoms with Crippen LogP contribution < -0.4 is 5.32 Å². The molecule has 0 spiro atoms. The van der Waals surface area contributed by atoms with Gasteiger partial charge in [0.1, 0.15) is 5.82 Å². The third kappa shape index (κ3) is 1.42. The number of rotatable bonds is 0. The smallest absolute Gasteiger partial charge is 0.123 e. The van der Waals surface area contributed by atoms with E-state index in [1.54, 1.807) is 6.07 Å². The molecule has 1 N–H and O–H groups in total. The van der Waals surface area contributed by atoms with Crippen LogP contribution in [0.5, 0.6) is 0 Å². The van der Waals surface area contributed by atoms with Gasteiger partial charge in [-0.05, 0) is 43.0 Å². The minimum Gasteiger partial charge on any atom is -0.385 e. The van der Waals surface area contributed by atoms with Gasteiger partial charge in [0, 0.05) is 12.2 Å². The van der Waals surface area contributed by atoms with Gasteiger partial charge < -0.3 is 5.32 Å². The molecule has 2 heteroatoms. The molecule has 0 aliphatic carbocycles. The summed E-state index contributed by atoms with van der Waals surface area (Å²) in [6.07, 6.45) is 3.33. The van der Waals surface area contributed by atoms with Gasteiger partial charge in [0.05, 0.1) is 0 Å². The minimum absolute atomic E-state index is 0.127. The fourth-order valence-corrected chi connectivity index (χ4v) is 1.61. The normalized spacial score (nSPS) is 16.1. The Hall–Kier alpha value is -1.05. The Morgan fingerprint density at radius 1 is 1.25 bits per heavy atom. The Kier molecular flexibility index (Phi) is 1.98. The molecule has 0 unspecified atom stereocenters. The fraction of sp³-hybridized carbons (Fsp3) is 0.400. The molecule has 0 fully saturated rings. The lowest BCUT2D eigenvalue weighted by atomic mass is 10.1. The lowest BCUT2D eigenvalue weighted by molar-refractivity contribution is 0.625. The summed E-state index contributed by atoms with van der Waals surface area (Å²) in [6.45, 7) is 1.01. The predicted molar refractivity (Wildman–Crippen MR) is 47.8 cm³/mol. The second-order valence-electron chi connectivity index (χ2n) is 3.19. The summed E-state index contributed by atoms with van der Waals surface area (Å²) in [4.78, 5) is 0. The minimum atomic E-state index is -0.127. The molecule has 12 heavy (non-hydrogen) atoms. The Balaban J connectivity index is 2.36. The zero-order valence-electron chi connectivity index (χ0n) is 6.94. The standard InChI is InChI=1S/C10H12FN/c11-9-4-5-10-8(7-9)3-1-2-6-12-10/h4-5,7,12H,1-3,6H2. The number of hydrogen-bond acceptors (Lipinski definition) is 1.